The van der Waals surface area contributed by atoms with Crippen molar-refractivity contribution >= 4 is 16.7 Å². The molecule has 0 spiro atoms. The van der Waals surface area contributed by atoms with Gasteiger partial charge in [0.25, 0.3) is 0 Å². The van der Waals surface area contributed by atoms with Gasteiger partial charge in [-0.25, -0.2) is 9.97 Å². The van der Waals surface area contributed by atoms with Crippen LogP contribution in [0.25, 0.3) is 22.3 Å². The highest BCUT2D eigenvalue weighted by atomic mass is 15.2. The van der Waals surface area contributed by atoms with Gasteiger partial charge in [-0.2, -0.15) is 0 Å². The zero-order valence-electron chi connectivity index (χ0n) is 14.3. The van der Waals surface area contributed by atoms with E-state index in [-0.39, 0.29) is 0 Å². The van der Waals surface area contributed by atoms with E-state index in [4.69, 9.17) is 9.97 Å². The predicted molar refractivity (Wildman–Crippen MR) is 100 cm³/mol. The van der Waals surface area contributed by atoms with Crippen LogP contribution in [0, 0.1) is 0 Å². The molecule has 2 atom stereocenters. The zero-order valence-corrected chi connectivity index (χ0v) is 14.3. The molecule has 3 aromatic rings. The highest BCUT2D eigenvalue weighted by Gasteiger charge is 2.27. The SMILES string of the molecule is CC1CCCC(C)N1c1nc(-c2ccccc2)nc2ccccc12. The Balaban J connectivity index is 1.93. The van der Waals surface area contributed by atoms with Gasteiger partial charge in [-0.3, -0.25) is 0 Å². The van der Waals surface area contributed by atoms with Crippen molar-refractivity contribution in [1.29, 1.82) is 0 Å². The second-order valence-corrected chi connectivity index (χ2v) is 6.79. The standard InChI is InChI=1S/C21H23N3/c1-15-9-8-10-16(2)24(15)21-18-13-6-7-14-19(18)22-20(23-21)17-11-4-3-5-12-17/h3-7,11-16H,8-10H2,1-2H3. The number of nitrogens with zero attached hydrogens (tertiary/aromatic N) is 3. The van der Waals surface area contributed by atoms with Crippen molar-refractivity contribution in [1.82, 2.24) is 9.97 Å². The molecule has 3 heteroatoms. The summed E-state index contributed by atoms with van der Waals surface area (Å²) in [5.74, 6) is 1.90. The summed E-state index contributed by atoms with van der Waals surface area (Å²) in [4.78, 5) is 12.3. The van der Waals surface area contributed by atoms with Crippen molar-refractivity contribution < 1.29 is 0 Å². The van der Waals surface area contributed by atoms with Gasteiger partial charge in [-0.1, -0.05) is 42.5 Å². The van der Waals surface area contributed by atoms with Gasteiger partial charge in [0.05, 0.1) is 5.52 Å². The van der Waals surface area contributed by atoms with E-state index in [2.05, 4.69) is 55.1 Å². The lowest BCUT2D eigenvalue weighted by molar-refractivity contribution is 0.412. The fraction of sp³-hybridized carbons (Fsp3) is 0.333. The number of aromatic nitrogens is 2. The molecule has 1 aliphatic heterocycles. The smallest absolute Gasteiger partial charge is 0.162 e. The van der Waals surface area contributed by atoms with Gasteiger partial charge < -0.3 is 4.90 Å². The topological polar surface area (TPSA) is 29.0 Å². The van der Waals surface area contributed by atoms with Crippen LogP contribution in [0.5, 0.6) is 0 Å². The molecule has 0 aliphatic carbocycles. The lowest BCUT2D eigenvalue weighted by Gasteiger charge is -2.40. The summed E-state index contributed by atoms with van der Waals surface area (Å²) in [6.45, 7) is 4.63. The first-order valence-electron chi connectivity index (χ1n) is 8.84. The average molecular weight is 317 g/mol. The molecule has 1 saturated heterocycles. The van der Waals surface area contributed by atoms with E-state index >= 15 is 0 Å². The number of fused-ring (bicyclic) bond motifs is 1. The van der Waals surface area contributed by atoms with Crippen LogP contribution < -0.4 is 4.90 Å². The second-order valence-electron chi connectivity index (χ2n) is 6.79. The van der Waals surface area contributed by atoms with E-state index in [0.717, 1.165) is 28.1 Å². The monoisotopic (exact) mass is 317 g/mol. The van der Waals surface area contributed by atoms with Crippen LogP contribution >= 0.6 is 0 Å². The fourth-order valence-corrected chi connectivity index (χ4v) is 3.81. The number of hydrogen-bond acceptors (Lipinski definition) is 3. The predicted octanol–water partition coefficient (Wildman–Crippen LogP) is 5.06. The Morgan fingerprint density at radius 1 is 0.833 bits per heavy atom. The van der Waals surface area contributed by atoms with Gasteiger partial charge in [0.2, 0.25) is 0 Å². The van der Waals surface area contributed by atoms with Crippen LogP contribution in [0.2, 0.25) is 0 Å². The minimum atomic E-state index is 0.510. The van der Waals surface area contributed by atoms with Crippen LogP contribution in [0.1, 0.15) is 33.1 Å². The molecule has 0 bridgehead atoms. The van der Waals surface area contributed by atoms with E-state index in [9.17, 15) is 0 Å². The van der Waals surface area contributed by atoms with Crippen LogP contribution in [-0.2, 0) is 0 Å². The average Bonchev–Trinajstić information content (AvgIpc) is 2.62. The maximum Gasteiger partial charge on any atom is 0.162 e. The van der Waals surface area contributed by atoms with E-state index in [1.54, 1.807) is 0 Å². The minimum Gasteiger partial charge on any atom is -0.351 e. The molecular weight excluding hydrogens is 294 g/mol. The molecule has 1 aliphatic rings. The van der Waals surface area contributed by atoms with Gasteiger partial charge in [0.15, 0.2) is 5.82 Å². The van der Waals surface area contributed by atoms with Gasteiger partial charge in [-0.05, 0) is 45.2 Å². The lowest BCUT2D eigenvalue weighted by Crippen LogP contribution is -2.44. The van der Waals surface area contributed by atoms with Crippen LogP contribution in [0.4, 0.5) is 5.82 Å². The summed E-state index contributed by atoms with van der Waals surface area (Å²) in [5, 5.41) is 1.15. The Kier molecular flexibility index (Phi) is 3.93. The van der Waals surface area contributed by atoms with Gasteiger partial charge in [0.1, 0.15) is 5.82 Å². The largest absolute Gasteiger partial charge is 0.351 e. The Morgan fingerprint density at radius 3 is 2.25 bits per heavy atom. The Bertz CT molecular complexity index is 834. The zero-order chi connectivity index (χ0) is 16.5. The number of piperidine rings is 1. The molecule has 3 nitrogen and oxygen atoms in total. The molecule has 24 heavy (non-hydrogen) atoms. The molecule has 0 saturated carbocycles. The summed E-state index contributed by atoms with van der Waals surface area (Å²) < 4.78 is 0. The number of hydrogen-bond donors (Lipinski definition) is 0. The van der Waals surface area contributed by atoms with Crippen LogP contribution in [-0.4, -0.2) is 22.1 Å². The van der Waals surface area contributed by atoms with Crippen molar-refractivity contribution in [2.24, 2.45) is 0 Å². The van der Waals surface area contributed by atoms with Crippen LogP contribution in [0.3, 0.4) is 0 Å². The maximum atomic E-state index is 5.01. The first kappa shape index (κ1) is 15.1. The molecular formula is C21H23N3. The quantitative estimate of drug-likeness (QED) is 0.661. The first-order chi connectivity index (χ1) is 11.7. The lowest BCUT2D eigenvalue weighted by atomic mass is 9.97. The molecule has 1 fully saturated rings. The molecule has 1 aromatic heterocycles. The van der Waals surface area contributed by atoms with Crippen molar-refractivity contribution in [2.45, 2.75) is 45.2 Å². The molecule has 0 amide bonds. The summed E-state index contributed by atoms with van der Waals surface area (Å²) in [5.41, 5.74) is 2.09. The third-order valence-electron chi connectivity index (χ3n) is 5.05. The van der Waals surface area contributed by atoms with Crippen molar-refractivity contribution in [3.8, 4) is 11.4 Å². The Labute approximate surface area is 143 Å². The molecule has 4 rings (SSSR count). The normalized spacial score (nSPS) is 21.2. The maximum absolute atomic E-state index is 5.01. The summed E-state index contributed by atoms with van der Waals surface area (Å²) in [7, 11) is 0. The van der Waals surface area contributed by atoms with Gasteiger partial charge >= 0.3 is 0 Å². The molecule has 122 valence electrons. The highest BCUT2D eigenvalue weighted by molar-refractivity contribution is 5.91. The van der Waals surface area contributed by atoms with Crippen molar-refractivity contribution in [3.05, 3.63) is 54.6 Å². The number of rotatable bonds is 2. The van der Waals surface area contributed by atoms with Crippen LogP contribution in [0.15, 0.2) is 54.6 Å². The summed E-state index contributed by atoms with van der Waals surface area (Å²) in [6.07, 6.45) is 3.75. The number of para-hydroxylation sites is 1. The molecule has 0 N–H and O–H groups in total. The van der Waals surface area contributed by atoms with Gasteiger partial charge in [-0.15, -0.1) is 0 Å². The minimum absolute atomic E-state index is 0.510. The van der Waals surface area contributed by atoms with Crippen molar-refractivity contribution in [2.75, 3.05) is 4.90 Å². The number of benzene rings is 2. The molecule has 2 unspecified atom stereocenters. The summed E-state index contributed by atoms with van der Waals surface area (Å²) >= 11 is 0. The number of anilines is 1. The Morgan fingerprint density at radius 2 is 1.50 bits per heavy atom. The molecule has 2 aromatic carbocycles. The fourth-order valence-electron chi connectivity index (χ4n) is 3.81. The Hall–Kier alpha value is -2.42. The van der Waals surface area contributed by atoms with E-state index < -0.39 is 0 Å². The molecule has 2 heterocycles. The molecule has 0 radical (unpaired) electrons. The van der Waals surface area contributed by atoms with E-state index in [1.165, 1.54) is 19.3 Å². The third-order valence-corrected chi connectivity index (χ3v) is 5.05. The highest BCUT2D eigenvalue weighted by Crippen LogP contribution is 2.34. The van der Waals surface area contributed by atoms with E-state index in [1.807, 2.05) is 18.2 Å². The van der Waals surface area contributed by atoms with E-state index in [0.29, 0.717) is 12.1 Å². The van der Waals surface area contributed by atoms with Crippen molar-refractivity contribution in [3.63, 3.8) is 0 Å². The second kappa shape index (κ2) is 6.23. The third kappa shape index (κ3) is 2.64. The summed E-state index contributed by atoms with van der Waals surface area (Å²) in [6, 6.07) is 19.7. The first-order valence-corrected chi connectivity index (χ1v) is 8.84. The van der Waals surface area contributed by atoms with Gasteiger partial charge in [0, 0.05) is 23.0 Å².